The molecule has 0 bridgehead atoms. The maximum Gasteiger partial charge on any atom is 0.266 e. The van der Waals surface area contributed by atoms with E-state index < -0.39 is 18.1 Å². The van der Waals surface area contributed by atoms with E-state index in [0.717, 1.165) is 16.8 Å². The summed E-state index contributed by atoms with van der Waals surface area (Å²) in [6.07, 6.45) is -0.903. The second kappa shape index (κ2) is 7.27. The van der Waals surface area contributed by atoms with Crippen LogP contribution >= 0.6 is 11.6 Å². The fourth-order valence-electron chi connectivity index (χ4n) is 4.27. The molecule has 0 aromatic heterocycles. The summed E-state index contributed by atoms with van der Waals surface area (Å²) in [5, 5.41) is 2.18. The van der Waals surface area contributed by atoms with Crippen LogP contribution in [0.5, 0.6) is 0 Å². The zero-order valence-corrected chi connectivity index (χ0v) is 17.0. The molecular weight excluding hydrogens is 400 g/mol. The fourth-order valence-corrected chi connectivity index (χ4v) is 4.51. The minimum Gasteiger partial charge on any atom is -0.273 e. The van der Waals surface area contributed by atoms with Gasteiger partial charge in [0, 0.05) is 5.02 Å². The Morgan fingerprint density at radius 3 is 2.27 bits per heavy atom. The molecule has 3 aromatic rings. The van der Waals surface area contributed by atoms with Crippen molar-refractivity contribution in [1.82, 2.24) is 0 Å². The number of amides is 2. The molecule has 2 heterocycles. The number of aryl methyl sites for hydroxylation is 1. The monoisotopic (exact) mass is 418 g/mol. The van der Waals surface area contributed by atoms with Crippen molar-refractivity contribution in [2.75, 3.05) is 9.96 Å². The number of hydroxylamine groups is 1. The SMILES string of the molecule is Cc1cccc(N2C(=O)[C@H]3[C@H](ON(c4ccccc4)[C@@H]3c3ccccc3Cl)C2=O)c1. The second-order valence-electron chi connectivity index (χ2n) is 7.53. The molecule has 6 heteroatoms. The molecule has 2 saturated heterocycles. The summed E-state index contributed by atoms with van der Waals surface area (Å²) in [7, 11) is 0. The normalized spacial score (nSPS) is 23.2. The van der Waals surface area contributed by atoms with Crippen molar-refractivity contribution in [2.24, 2.45) is 5.92 Å². The maximum atomic E-state index is 13.5. The Morgan fingerprint density at radius 1 is 0.833 bits per heavy atom. The van der Waals surface area contributed by atoms with Crippen LogP contribution in [0.2, 0.25) is 5.02 Å². The first-order chi connectivity index (χ1) is 14.6. The summed E-state index contributed by atoms with van der Waals surface area (Å²) >= 11 is 6.51. The number of nitrogens with zero attached hydrogens (tertiary/aromatic N) is 2. The molecule has 0 saturated carbocycles. The summed E-state index contributed by atoms with van der Waals surface area (Å²) in [4.78, 5) is 34.2. The highest BCUT2D eigenvalue weighted by molar-refractivity contribution is 6.31. The van der Waals surface area contributed by atoms with Crippen molar-refractivity contribution < 1.29 is 14.4 Å². The quantitative estimate of drug-likeness (QED) is 0.578. The number of para-hydroxylation sites is 1. The number of halogens is 1. The van der Waals surface area contributed by atoms with Gasteiger partial charge in [-0.15, -0.1) is 0 Å². The first kappa shape index (κ1) is 18.9. The van der Waals surface area contributed by atoms with Crippen LogP contribution in [0.25, 0.3) is 0 Å². The van der Waals surface area contributed by atoms with Crippen molar-refractivity contribution in [1.29, 1.82) is 0 Å². The molecule has 0 radical (unpaired) electrons. The van der Waals surface area contributed by atoms with Crippen LogP contribution in [-0.4, -0.2) is 17.9 Å². The summed E-state index contributed by atoms with van der Waals surface area (Å²) in [5.74, 6) is -1.33. The van der Waals surface area contributed by atoms with Gasteiger partial charge in [-0.1, -0.05) is 60.1 Å². The average Bonchev–Trinajstić information content (AvgIpc) is 3.25. The summed E-state index contributed by atoms with van der Waals surface area (Å²) in [6.45, 7) is 1.93. The molecule has 150 valence electrons. The lowest BCUT2D eigenvalue weighted by Gasteiger charge is -2.29. The third-order valence-corrected chi connectivity index (χ3v) is 5.95. The van der Waals surface area contributed by atoms with E-state index in [0.29, 0.717) is 10.7 Å². The molecule has 2 aliphatic heterocycles. The summed E-state index contributed by atoms with van der Waals surface area (Å²) < 4.78 is 0. The molecule has 0 spiro atoms. The van der Waals surface area contributed by atoms with Crippen LogP contribution < -0.4 is 9.96 Å². The van der Waals surface area contributed by atoms with Crippen molar-refractivity contribution >= 4 is 34.8 Å². The molecule has 5 nitrogen and oxygen atoms in total. The number of carbonyl (C=O) groups excluding carboxylic acids is 2. The molecule has 3 atom stereocenters. The highest BCUT2D eigenvalue weighted by Crippen LogP contribution is 2.48. The lowest BCUT2D eigenvalue weighted by molar-refractivity contribution is -0.126. The largest absolute Gasteiger partial charge is 0.273 e. The predicted molar refractivity (Wildman–Crippen MR) is 115 cm³/mol. The van der Waals surface area contributed by atoms with E-state index in [9.17, 15) is 9.59 Å². The van der Waals surface area contributed by atoms with E-state index >= 15 is 0 Å². The van der Waals surface area contributed by atoms with Gasteiger partial charge in [-0.25, -0.2) is 9.96 Å². The van der Waals surface area contributed by atoms with Crippen LogP contribution in [0.3, 0.4) is 0 Å². The molecule has 0 aliphatic carbocycles. The van der Waals surface area contributed by atoms with Gasteiger partial charge in [-0.2, -0.15) is 0 Å². The Labute approximate surface area is 179 Å². The first-order valence-electron chi connectivity index (χ1n) is 9.76. The molecule has 0 N–H and O–H groups in total. The Hall–Kier alpha value is -3.15. The van der Waals surface area contributed by atoms with E-state index in [4.69, 9.17) is 16.4 Å². The van der Waals surface area contributed by atoms with Gasteiger partial charge in [0.15, 0.2) is 6.10 Å². The third kappa shape index (κ3) is 2.90. The number of imide groups is 1. The number of hydrogen-bond acceptors (Lipinski definition) is 4. The zero-order valence-electron chi connectivity index (χ0n) is 16.2. The van der Waals surface area contributed by atoms with E-state index in [2.05, 4.69) is 0 Å². The Balaban J connectivity index is 1.61. The molecule has 5 rings (SSSR count). The lowest BCUT2D eigenvalue weighted by Crippen LogP contribution is -2.37. The van der Waals surface area contributed by atoms with Crippen molar-refractivity contribution in [3.63, 3.8) is 0 Å². The Bertz CT molecular complexity index is 1130. The average molecular weight is 419 g/mol. The Morgan fingerprint density at radius 2 is 1.53 bits per heavy atom. The number of benzene rings is 3. The van der Waals surface area contributed by atoms with Gasteiger partial charge in [0.1, 0.15) is 5.92 Å². The number of carbonyl (C=O) groups is 2. The van der Waals surface area contributed by atoms with E-state index in [1.165, 1.54) is 4.90 Å². The van der Waals surface area contributed by atoms with Crippen molar-refractivity contribution in [3.05, 3.63) is 95.0 Å². The fraction of sp³-hybridized carbons (Fsp3) is 0.167. The van der Waals surface area contributed by atoms with Crippen LogP contribution in [-0.2, 0) is 14.4 Å². The van der Waals surface area contributed by atoms with Crippen LogP contribution in [0.1, 0.15) is 17.2 Å². The standard InChI is InChI=1S/C24H19ClN2O3/c1-15-8-7-11-17(14-15)26-23(28)20-21(18-12-5-6-13-19(18)25)27(30-22(20)24(26)29)16-9-3-2-4-10-16/h2-14,20-22H,1H3/t20-,21-,22+/m1/s1. The number of hydrogen-bond donors (Lipinski definition) is 0. The topological polar surface area (TPSA) is 49.9 Å². The highest BCUT2D eigenvalue weighted by Gasteiger charge is 2.60. The number of rotatable bonds is 3. The molecule has 30 heavy (non-hydrogen) atoms. The molecule has 2 aliphatic rings. The van der Waals surface area contributed by atoms with Gasteiger partial charge < -0.3 is 0 Å². The second-order valence-corrected chi connectivity index (χ2v) is 7.94. The molecule has 2 fully saturated rings. The van der Waals surface area contributed by atoms with Crippen LogP contribution in [0.15, 0.2) is 78.9 Å². The smallest absolute Gasteiger partial charge is 0.266 e. The highest BCUT2D eigenvalue weighted by atomic mass is 35.5. The third-order valence-electron chi connectivity index (χ3n) is 5.61. The minimum absolute atomic E-state index is 0.279. The van der Waals surface area contributed by atoms with Gasteiger partial charge in [-0.3, -0.25) is 14.4 Å². The number of fused-ring (bicyclic) bond motifs is 1. The van der Waals surface area contributed by atoms with E-state index in [1.54, 1.807) is 17.2 Å². The van der Waals surface area contributed by atoms with E-state index in [1.807, 2.05) is 73.7 Å². The molecule has 3 aromatic carbocycles. The number of anilines is 2. The van der Waals surface area contributed by atoms with Gasteiger partial charge in [0.25, 0.3) is 5.91 Å². The molecular formula is C24H19ClN2O3. The summed E-state index contributed by atoms with van der Waals surface area (Å²) in [5.41, 5.74) is 3.05. The van der Waals surface area contributed by atoms with Crippen molar-refractivity contribution in [2.45, 2.75) is 19.1 Å². The predicted octanol–water partition coefficient (Wildman–Crippen LogP) is 4.70. The van der Waals surface area contributed by atoms with Crippen molar-refractivity contribution in [3.8, 4) is 0 Å². The first-order valence-corrected chi connectivity index (χ1v) is 10.1. The molecule has 2 amide bonds. The maximum absolute atomic E-state index is 13.5. The van der Waals surface area contributed by atoms with Gasteiger partial charge in [-0.05, 0) is 48.4 Å². The van der Waals surface area contributed by atoms with Crippen LogP contribution in [0, 0.1) is 12.8 Å². The molecule has 0 unspecified atom stereocenters. The van der Waals surface area contributed by atoms with Crippen LogP contribution in [0.4, 0.5) is 11.4 Å². The van der Waals surface area contributed by atoms with E-state index in [-0.39, 0.29) is 11.8 Å². The Kier molecular flexibility index (Phi) is 4.57. The van der Waals surface area contributed by atoms with Gasteiger partial charge in [0.2, 0.25) is 5.91 Å². The van der Waals surface area contributed by atoms with Gasteiger partial charge >= 0.3 is 0 Å². The van der Waals surface area contributed by atoms with Gasteiger partial charge in [0.05, 0.1) is 17.4 Å². The minimum atomic E-state index is -0.903. The summed E-state index contributed by atoms with van der Waals surface area (Å²) in [6, 6.07) is 23.7. The lowest BCUT2D eigenvalue weighted by atomic mass is 9.90. The zero-order chi connectivity index (χ0) is 20.8.